The molecule has 0 saturated carbocycles. The van der Waals surface area contributed by atoms with E-state index in [0.29, 0.717) is 5.75 Å². The van der Waals surface area contributed by atoms with Gasteiger partial charge in [0, 0.05) is 0 Å². The topological polar surface area (TPSA) is 191 Å². The van der Waals surface area contributed by atoms with Gasteiger partial charge in [0.2, 0.25) is 17.7 Å². The van der Waals surface area contributed by atoms with Crippen LogP contribution < -0.4 is 21.7 Å². The lowest BCUT2D eigenvalue weighted by atomic mass is 10.2. The Kier molecular flexibility index (Phi) is 11.5. The molecule has 11 nitrogen and oxygen atoms in total. The Morgan fingerprint density at radius 2 is 1.68 bits per heavy atom. The van der Waals surface area contributed by atoms with Crippen molar-refractivity contribution in [1.82, 2.24) is 16.0 Å². The Labute approximate surface area is 148 Å². The van der Waals surface area contributed by atoms with Gasteiger partial charge in [0.1, 0.15) is 18.1 Å². The Hall–Kier alpha value is -1.89. The summed E-state index contributed by atoms with van der Waals surface area (Å²) in [4.78, 5) is 46.1. The predicted molar refractivity (Wildman–Crippen MR) is 89.7 cm³/mol. The molecule has 8 N–H and O–H groups in total. The minimum atomic E-state index is -1.37. The van der Waals surface area contributed by atoms with Crippen LogP contribution in [-0.4, -0.2) is 88.9 Å². The first-order chi connectivity index (χ1) is 11.8. The van der Waals surface area contributed by atoms with Crippen LogP contribution in [-0.2, 0) is 19.2 Å². The molecular formula is C13H24N4O7S. The van der Waals surface area contributed by atoms with Crippen LogP contribution in [0, 0.1) is 0 Å². The summed E-state index contributed by atoms with van der Waals surface area (Å²) in [6.45, 7) is -1.87. The molecule has 12 heteroatoms. The van der Waals surface area contributed by atoms with Gasteiger partial charge in [-0.3, -0.25) is 14.4 Å². The molecule has 0 fully saturated rings. The van der Waals surface area contributed by atoms with Gasteiger partial charge in [0.25, 0.3) is 0 Å². The molecule has 144 valence electrons. The van der Waals surface area contributed by atoms with Crippen molar-refractivity contribution in [3.05, 3.63) is 0 Å². The standard InChI is InChI=1S/C13H24N4O7S/c1-25-3-2-8(13(23)24)17-12(22)9(6-19)16-10(20)4-15-11(21)7(14)5-18/h7-9,18-19H,2-6,14H2,1H3,(H,15,21)(H,16,20)(H,17,22)(H,23,24). The Morgan fingerprint density at radius 1 is 1.04 bits per heavy atom. The number of nitrogens with two attached hydrogens (primary N) is 1. The van der Waals surface area contributed by atoms with Gasteiger partial charge in [-0.25, -0.2) is 4.79 Å². The second kappa shape index (κ2) is 12.5. The van der Waals surface area contributed by atoms with Crippen molar-refractivity contribution in [1.29, 1.82) is 0 Å². The highest BCUT2D eigenvalue weighted by Crippen LogP contribution is 2.01. The molecule has 3 amide bonds. The van der Waals surface area contributed by atoms with Gasteiger partial charge in [0.15, 0.2) is 0 Å². The van der Waals surface area contributed by atoms with Crippen molar-refractivity contribution in [3.8, 4) is 0 Å². The minimum absolute atomic E-state index is 0.184. The first-order valence-corrected chi connectivity index (χ1v) is 8.72. The lowest BCUT2D eigenvalue weighted by Crippen LogP contribution is -2.55. The number of aliphatic carboxylic acids is 1. The van der Waals surface area contributed by atoms with E-state index in [2.05, 4.69) is 16.0 Å². The van der Waals surface area contributed by atoms with E-state index in [1.807, 2.05) is 0 Å². The number of hydrogen-bond donors (Lipinski definition) is 7. The predicted octanol–water partition coefficient (Wildman–Crippen LogP) is -3.78. The van der Waals surface area contributed by atoms with Crippen molar-refractivity contribution in [2.75, 3.05) is 31.8 Å². The van der Waals surface area contributed by atoms with Crippen LogP contribution in [0.1, 0.15) is 6.42 Å². The molecule has 0 aromatic heterocycles. The van der Waals surface area contributed by atoms with Gasteiger partial charge in [-0.1, -0.05) is 0 Å². The zero-order valence-corrected chi connectivity index (χ0v) is 14.5. The van der Waals surface area contributed by atoms with Crippen LogP contribution in [0.25, 0.3) is 0 Å². The molecule has 0 bridgehead atoms. The second-order valence-corrected chi connectivity index (χ2v) is 5.98. The number of aliphatic hydroxyl groups is 2. The van der Waals surface area contributed by atoms with E-state index in [9.17, 15) is 24.3 Å². The normalized spacial score (nSPS) is 14.1. The summed E-state index contributed by atoms with van der Waals surface area (Å²) in [5, 5.41) is 33.5. The molecule has 0 radical (unpaired) electrons. The summed E-state index contributed by atoms with van der Waals surface area (Å²) in [5.41, 5.74) is 5.25. The third-order valence-electron chi connectivity index (χ3n) is 3.02. The molecule has 0 aliphatic rings. The van der Waals surface area contributed by atoms with Gasteiger partial charge in [-0.05, 0) is 18.4 Å². The van der Waals surface area contributed by atoms with Crippen molar-refractivity contribution in [3.63, 3.8) is 0 Å². The van der Waals surface area contributed by atoms with E-state index in [4.69, 9.17) is 15.9 Å². The van der Waals surface area contributed by atoms with E-state index in [-0.39, 0.29) is 6.42 Å². The number of thioether (sulfide) groups is 1. The molecule has 0 saturated heterocycles. The van der Waals surface area contributed by atoms with Crippen molar-refractivity contribution in [2.24, 2.45) is 5.73 Å². The average Bonchev–Trinajstić information content (AvgIpc) is 2.59. The van der Waals surface area contributed by atoms with E-state index in [1.165, 1.54) is 11.8 Å². The van der Waals surface area contributed by atoms with Crippen molar-refractivity contribution < 1.29 is 34.5 Å². The van der Waals surface area contributed by atoms with Crippen LogP contribution >= 0.6 is 11.8 Å². The third kappa shape index (κ3) is 9.24. The zero-order chi connectivity index (χ0) is 19.4. The van der Waals surface area contributed by atoms with Gasteiger partial charge >= 0.3 is 5.97 Å². The highest BCUT2D eigenvalue weighted by molar-refractivity contribution is 7.98. The SMILES string of the molecule is CSCCC(NC(=O)C(CO)NC(=O)CNC(=O)C(N)CO)C(=O)O. The lowest BCUT2D eigenvalue weighted by molar-refractivity contribution is -0.142. The summed E-state index contributed by atoms with van der Waals surface area (Å²) < 4.78 is 0. The number of carboxylic acids is 1. The Bertz CT molecular complexity index is 477. The number of nitrogens with one attached hydrogen (secondary N) is 3. The maximum Gasteiger partial charge on any atom is 0.326 e. The molecule has 3 unspecified atom stereocenters. The minimum Gasteiger partial charge on any atom is -0.480 e. The van der Waals surface area contributed by atoms with Gasteiger partial charge in [-0.15, -0.1) is 0 Å². The first-order valence-electron chi connectivity index (χ1n) is 7.33. The molecule has 0 aliphatic heterocycles. The number of carboxylic acid groups (broad SMARTS) is 1. The maximum absolute atomic E-state index is 12.0. The van der Waals surface area contributed by atoms with Crippen molar-refractivity contribution >= 4 is 35.5 Å². The van der Waals surface area contributed by atoms with Crippen LogP contribution in [0.3, 0.4) is 0 Å². The molecule has 25 heavy (non-hydrogen) atoms. The molecule has 0 rings (SSSR count). The summed E-state index contributed by atoms with van der Waals surface area (Å²) in [5.74, 6) is -3.13. The number of hydrogen-bond acceptors (Lipinski definition) is 8. The zero-order valence-electron chi connectivity index (χ0n) is 13.7. The summed E-state index contributed by atoms with van der Waals surface area (Å²) >= 11 is 1.41. The number of rotatable bonds is 12. The summed E-state index contributed by atoms with van der Waals surface area (Å²) in [6.07, 6.45) is 1.97. The number of carbonyl (C=O) groups excluding carboxylic acids is 3. The fourth-order valence-corrected chi connectivity index (χ4v) is 2.06. The Morgan fingerprint density at radius 3 is 2.16 bits per heavy atom. The fourth-order valence-electron chi connectivity index (χ4n) is 1.59. The number of carbonyl (C=O) groups is 4. The molecule has 0 spiro atoms. The quantitative estimate of drug-likeness (QED) is 0.178. The second-order valence-electron chi connectivity index (χ2n) is 4.99. The number of aliphatic hydroxyl groups excluding tert-OH is 2. The largest absolute Gasteiger partial charge is 0.480 e. The van der Waals surface area contributed by atoms with E-state index >= 15 is 0 Å². The van der Waals surface area contributed by atoms with E-state index < -0.39 is 61.6 Å². The average molecular weight is 380 g/mol. The molecule has 0 heterocycles. The number of amides is 3. The van der Waals surface area contributed by atoms with Crippen LogP contribution in [0.4, 0.5) is 0 Å². The van der Waals surface area contributed by atoms with Gasteiger partial charge in [0.05, 0.1) is 19.8 Å². The lowest BCUT2D eigenvalue weighted by Gasteiger charge is -2.20. The van der Waals surface area contributed by atoms with Crippen LogP contribution in [0.2, 0.25) is 0 Å². The smallest absolute Gasteiger partial charge is 0.326 e. The first kappa shape index (κ1) is 23.1. The molecular weight excluding hydrogens is 356 g/mol. The van der Waals surface area contributed by atoms with Crippen molar-refractivity contribution in [2.45, 2.75) is 24.5 Å². The summed E-state index contributed by atoms with van der Waals surface area (Å²) in [6, 6.07) is -3.70. The fraction of sp³-hybridized carbons (Fsp3) is 0.692. The van der Waals surface area contributed by atoms with E-state index in [1.54, 1.807) is 6.26 Å². The highest BCUT2D eigenvalue weighted by Gasteiger charge is 2.26. The van der Waals surface area contributed by atoms with Gasteiger partial charge < -0.3 is 37.0 Å². The monoisotopic (exact) mass is 380 g/mol. The Balaban J connectivity index is 4.54. The van der Waals surface area contributed by atoms with E-state index in [0.717, 1.165) is 0 Å². The van der Waals surface area contributed by atoms with Gasteiger partial charge in [-0.2, -0.15) is 11.8 Å². The third-order valence-corrected chi connectivity index (χ3v) is 3.66. The summed E-state index contributed by atoms with van der Waals surface area (Å²) in [7, 11) is 0. The maximum atomic E-state index is 12.0. The molecule has 3 atom stereocenters. The van der Waals surface area contributed by atoms with Crippen LogP contribution in [0.5, 0.6) is 0 Å². The molecule has 0 aromatic rings. The highest BCUT2D eigenvalue weighted by atomic mass is 32.2. The molecule has 0 aromatic carbocycles. The van der Waals surface area contributed by atoms with Crippen LogP contribution in [0.15, 0.2) is 0 Å². The molecule has 0 aliphatic carbocycles.